The minimum absolute atomic E-state index is 0.715. The van der Waals surface area contributed by atoms with Crippen LogP contribution < -0.4 is 5.32 Å². The second kappa shape index (κ2) is 5.71. The Hall–Kier alpha value is -0.0800. The summed E-state index contributed by atoms with van der Waals surface area (Å²) in [4.78, 5) is 2.75. The van der Waals surface area contributed by atoms with Crippen molar-refractivity contribution in [2.75, 3.05) is 13.1 Å². The lowest BCUT2D eigenvalue weighted by Crippen LogP contribution is -2.58. The molecule has 2 rings (SSSR count). The molecule has 0 aromatic carbocycles. The molecule has 1 saturated heterocycles. The first-order valence-electron chi connectivity index (χ1n) is 7.55. The molecule has 100 valence electrons. The van der Waals surface area contributed by atoms with Crippen LogP contribution in [0.3, 0.4) is 0 Å². The molecule has 2 heteroatoms. The smallest absolute Gasteiger partial charge is 0.0198 e. The maximum absolute atomic E-state index is 3.71. The Bertz CT molecular complexity index is 235. The van der Waals surface area contributed by atoms with Crippen molar-refractivity contribution >= 4 is 0 Å². The van der Waals surface area contributed by atoms with Crippen molar-refractivity contribution < 1.29 is 0 Å². The maximum atomic E-state index is 3.71. The van der Waals surface area contributed by atoms with E-state index in [9.17, 15) is 0 Å². The fourth-order valence-electron chi connectivity index (χ4n) is 3.27. The molecule has 3 unspecified atom stereocenters. The van der Waals surface area contributed by atoms with Crippen molar-refractivity contribution in [2.24, 2.45) is 11.8 Å². The van der Waals surface area contributed by atoms with E-state index in [1.165, 1.54) is 38.8 Å². The van der Waals surface area contributed by atoms with Gasteiger partial charge in [0.15, 0.2) is 0 Å². The van der Waals surface area contributed by atoms with E-state index in [4.69, 9.17) is 0 Å². The Morgan fingerprint density at radius 2 is 1.88 bits per heavy atom. The fourth-order valence-corrected chi connectivity index (χ4v) is 3.27. The van der Waals surface area contributed by atoms with Gasteiger partial charge in [0.05, 0.1) is 0 Å². The molecular formula is C15H30N2. The molecule has 3 atom stereocenters. The van der Waals surface area contributed by atoms with Crippen LogP contribution in [0.1, 0.15) is 53.4 Å². The minimum Gasteiger partial charge on any atom is -0.311 e. The van der Waals surface area contributed by atoms with Gasteiger partial charge >= 0.3 is 0 Å². The lowest BCUT2D eigenvalue weighted by molar-refractivity contribution is 0.0856. The van der Waals surface area contributed by atoms with E-state index in [0.717, 1.165) is 17.9 Å². The monoisotopic (exact) mass is 238 g/mol. The van der Waals surface area contributed by atoms with Crippen LogP contribution in [0.25, 0.3) is 0 Å². The predicted octanol–water partition coefficient (Wildman–Crippen LogP) is 2.88. The third-order valence-corrected chi connectivity index (χ3v) is 4.39. The first-order chi connectivity index (χ1) is 8.06. The van der Waals surface area contributed by atoms with Gasteiger partial charge in [0.1, 0.15) is 0 Å². The first kappa shape index (κ1) is 13.4. The molecule has 0 aromatic heterocycles. The average molecular weight is 238 g/mol. The molecule has 0 aromatic rings. The molecule has 0 radical (unpaired) electrons. The van der Waals surface area contributed by atoms with Crippen LogP contribution in [0.4, 0.5) is 0 Å². The van der Waals surface area contributed by atoms with E-state index in [-0.39, 0.29) is 0 Å². The summed E-state index contributed by atoms with van der Waals surface area (Å²) in [6.07, 6.45) is 5.72. The predicted molar refractivity (Wildman–Crippen MR) is 74.2 cm³/mol. The van der Waals surface area contributed by atoms with E-state index in [2.05, 4.69) is 37.9 Å². The average Bonchev–Trinajstić information content (AvgIpc) is 3.04. The van der Waals surface area contributed by atoms with Gasteiger partial charge < -0.3 is 5.32 Å². The van der Waals surface area contributed by atoms with Gasteiger partial charge in [0.25, 0.3) is 0 Å². The van der Waals surface area contributed by atoms with Crippen LogP contribution in [-0.4, -0.2) is 36.1 Å². The normalized spacial score (nSPS) is 33.0. The van der Waals surface area contributed by atoms with Crippen LogP contribution in [0.5, 0.6) is 0 Å². The second-order valence-electron chi connectivity index (χ2n) is 6.81. The highest BCUT2D eigenvalue weighted by atomic mass is 15.2. The van der Waals surface area contributed by atoms with Crippen molar-refractivity contribution in [3.63, 3.8) is 0 Å². The van der Waals surface area contributed by atoms with E-state index >= 15 is 0 Å². The fraction of sp³-hybridized carbons (Fsp3) is 1.00. The van der Waals surface area contributed by atoms with Crippen molar-refractivity contribution in [1.29, 1.82) is 0 Å². The van der Waals surface area contributed by atoms with Crippen LogP contribution in [0.15, 0.2) is 0 Å². The number of hydrogen-bond acceptors (Lipinski definition) is 2. The lowest BCUT2D eigenvalue weighted by Gasteiger charge is -2.43. The third kappa shape index (κ3) is 3.96. The zero-order chi connectivity index (χ0) is 12.4. The summed E-state index contributed by atoms with van der Waals surface area (Å²) >= 11 is 0. The standard InChI is InChI=1S/C15H30N2/c1-11(2)7-15-10-17(13(4)9-16-15)12(3)8-14-5-6-14/h11-16H,5-10H2,1-4H3. The highest BCUT2D eigenvalue weighted by molar-refractivity contribution is 4.89. The number of piperazine rings is 1. The largest absolute Gasteiger partial charge is 0.311 e. The number of nitrogens with one attached hydrogen (secondary N) is 1. The minimum atomic E-state index is 0.715. The lowest BCUT2D eigenvalue weighted by atomic mass is 9.98. The number of nitrogens with zero attached hydrogens (tertiary/aromatic N) is 1. The van der Waals surface area contributed by atoms with Gasteiger partial charge in [-0.15, -0.1) is 0 Å². The summed E-state index contributed by atoms with van der Waals surface area (Å²) in [6.45, 7) is 11.9. The van der Waals surface area contributed by atoms with E-state index in [1.807, 2.05) is 0 Å². The summed E-state index contributed by atoms with van der Waals surface area (Å²) < 4.78 is 0. The summed E-state index contributed by atoms with van der Waals surface area (Å²) in [5.74, 6) is 1.86. The summed E-state index contributed by atoms with van der Waals surface area (Å²) in [7, 11) is 0. The van der Waals surface area contributed by atoms with E-state index in [1.54, 1.807) is 0 Å². The topological polar surface area (TPSA) is 15.3 Å². The summed E-state index contributed by atoms with van der Waals surface area (Å²) in [5, 5.41) is 3.71. The molecule has 1 heterocycles. The summed E-state index contributed by atoms with van der Waals surface area (Å²) in [5.41, 5.74) is 0. The summed E-state index contributed by atoms with van der Waals surface area (Å²) in [6, 6.07) is 2.22. The van der Waals surface area contributed by atoms with Crippen LogP contribution in [0, 0.1) is 11.8 Å². The molecular weight excluding hydrogens is 208 g/mol. The highest BCUT2D eigenvalue weighted by Crippen LogP contribution is 2.35. The highest BCUT2D eigenvalue weighted by Gasteiger charge is 2.32. The van der Waals surface area contributed by atoms with E-state index in [0.29, 0.717) is 12.1 Å². The molecule has 1 N–H and O–H groups in total. The molecule has 0 amide bonds. The second-order valence-corrected chi connectivity index (χ2v) is 6.81. The quantitative estimate of drug-likeness (QED) is 0.792. The molecule has 1 aliphatic heterocycles. The molecule has 0 spiro atoms. The van der Waals surface area contributed by atoms with Crippen LogP contribution >= 0.6 is 0 Å². The Balaban J connectivity index is 1.84. The molecule has 17 heavy (non-hydrogen) atoms. The van der Waals surface area contributed by atoms with Crippen LogP contribution in [-0.2, 0) is 0 Å². The van der Waals surface area contributed by atoms with Crippen molar-refractivity contribution in [1.82, 2.24) is 10.2 Å². The molecule has 2 nitrogen and oxygen atoms in total. The van der Waals surface area contributed by atoms with Crippen molar-refractivity contribution in [3.8, 4) is 0 Å². The maximum Gasteiger partial charge on any atom is 0.0198 e. The molecule has 2 fully saturated rings. The third-order valence-electron chi connectivity index (χ3n) is 4.39. The van der Waals surface area contributed by atoms with Gasteiger partial charge in [0.2, 0.25) is 0 Å². The van der Waals surface area contributed by atoms with Gasteiger partial charge in [-0.2, -0.15) is 0 Å². The van der Waals surface area contributed by atoms with Crippen LogP contribution in [0.2, 0.25) is 0 Å². The van der Waals surface area contributed by atoms with Crippen molar-refractivity contribution in [3.05, 3.63) is 0 Å². The molecule has 1 aliphatic carbocycles. The number of rotatable bonds is 5. The zero-order valence-electron chi connectivity index (χ0n) is 12.1. The first-order valence-corrected chi connectivity index (χ1v) is 7.55. The van der Waals surface area contributed by atoms with Gasteiger partial charge in [-0.1, -0.05) is 26.7 Å². The Kier molecular flexibility index (Phi) is 4.48. The van der Waals surface area contributed by atoms with Gasteiger partial charge in [0, 0.05) is 31.2 Å². The van der Waals surface area contributed by atoms with E-state index < -0.39 is 0 Å². The molecule has 1 saturated carbocycles. The van der Waals surface area contributed by atoms with Gasteiger partial charge in [-0.3, -0.25) is 4.90 Å². The number of hydrogen-bond donors (Lipinski definition) is 1. The Morgan fingerprint density at radius 1 is 1.18 bits per heavy atom. The Morgan fingerprint density at radius 3 is 2.47 bits per heavy atom. The van der Waals surface area contributed by atoms with Gasteiger partial charge in [-0.05, 0) is 38.5 Å². The Labute approximate surface area is 107 Å². The van der Waals surface area contributed by atoms with Crippen molar-refractivity contribution in [2.45, 2.75) is 71.5 Å². The van der Waals surface area contributed by atoms with Gasteiger partial charge in [-0.25, -0.2) is 0 Å². The SMILES string of the molecule is CC(C)CC1CN(C(C)CC2CC2)C(C)CN1. The molecule has 2 aliphatic rings. The zero-order valence-corrected chi connectivity index (χ0v) is 12.1. The molecule has 0 bridgehead atoms.